The van der Waals surface area contributed by atoms with Crippen LogP contribution in [0.2, 0.25) is 0 Å². The van der Waals surface area contributed by atoms with Gasteiger partial charge in [-0.25, -0.2) is 4.39 Å². The second-order valence-electron chi connectivity index (χ2n) is 4.08. The van der Waals surface area contributed by atoms with E-state index in [0.29, 0.717) is 6.54 Å². The third-order valence-corrected chi connectivity index (χ3v) is 2.85. The molecule has 0 saturated heterocycles. The highest BCUT2D eigenvalue weighted by Crippen LogP contribution is 2.18. The number of hydrogen-bond acceptors (Lipinski definition) is 4. The Bertz CT molecular complexity index is 437. The molecule has 0 saturated carbocycles. The molecule has 18 heavy (non-hydrogen) atoms. The number of nitrogens with two attached hydrogens (primary N) is 1. The molecular weight excluding hydrogens is 237 g/mol. The monoisotopic (exact) mass is 255 g/mol. The van der Waals surface area contributed by atoms with Crippen molar-refractivity contribution in [2.45, 2.75) is 19.5 Å². The fraction of sp³-hybridized carbons (Fsp3) is 0.417. The van der Waals surface area contributed by atoms with E-state index in [1.54, 1.807) is 19.1 Å². The summed E-state index contributed by atoms with van der Waals surface area (Å²) >= 11 is 0. The molecular formula is C12H18FN3O2. The van der Waals surface area contributed by atoms with Gasteiger partial charge in [-0.2, -0.15) is 0 Å². The molecule has 1 rings (SSSR count). The molecule has 6 heteroatoms. The molecule has 0 aliphatic carbocycles. The largest absolute Gasteiger partial charge is 0.494 e. The maximum Gasteiger partial charge on any atom is 0.165 e. The number of benzene rings is 1. The minimum Gasteiger partial charge on any atom is -0.494 e. The first-order valence-electron chi connectivity index (χ1n) is 5.49. The molecule has 1 aromatic carbocycles. The van der Waals surface area contributed by atoms with Gasteiger partial charge in [-0.05, 0) is 31.7 Å². The van der Waals surface area contributed by atoms with Gasteiger partial charge in [-0.1, -0.05) is 11.2 Å². The highest BCUT2D eigenvalue weighted by atomic mass is 19.1. The summed E-state index contributed by atoms with van der Waals surface area (Å²) in [7, 11) is 3.23. The van der Waals surface area contributed by atoms with Crippen LogP contribution in [0, 0.1) is 5.82 Å². The zero-order chi connectivity index (χ0) is 13.7. The van der Waals surface area contributed by atoms with Crippen molar-refractivity contribution in [3.63, 3.8) is 0 Å². The SMILES string of the molecule is COc1ccc(CN(C)C(C)C(N)=NO)cc1F. The fourth-order valence-corrected chi connectivity index (χ4v) is 1.54. The van der Waals surface area contributed by atoms with E-state index in [9.17, 15) is 4.39 Å². The summed E-state index contributed by atoms with van der Waals surface area (Å²) in [6.45, 7) is 2.28. The van der Waals surface area contributed by atoms with E-state index in [-0.39, 0.29) is 17.6 Å². The number of rotatable bonds is 5. The number of nitrogens with zero attached hydrogens (tertiary/aromatic N) is 2. The number of halogens is 1. The summed E-state index contributed by atoms with van der Waals surface area (Å²) < 4.78 is 18.3. The van der Waals surface area contributed by atoms with Crippen LogP contribution in [0.5, 0.6) is 5.75 Å². The van der Waals surface area contributed by atoms with Crippen LogP contribution in [0.4, 0.5) is 4.39 Å². The van der Waals surface area contributed by atoms with E-state index in [1.807, 2.05) is 11.9 Å². The Morgan fingerprint density at radius 2 is 2.28 bits per heavy atom. The fourth-order valence-electron chi connectivity index (χ4n) is 1.54. The maximum absolute atomic E-state index is 13.5. The van der Waals surface area contributed by atoms with Crippen molar-refractivity contribution < 1.29 is 14.3 Å². The third kappa shape index (κ3) is 3.33. The zero-order valence-corrected chi connectivity index (χ0v) is 10.7. The minimum atomic E-state index is -0.403. The molecule has 3 N–H and O–H groups in total. The first-order chi connectivity index (χ1) is 8.49. The van der Waals surface area contributed by atoms with E-state index in [2.05, 4.69) is 5.16 Å². The normalized spacial score (nSPS) is 13.7. The molecule has 1 unspecified atom stereocenters. The zero-order valence-electron chi connectivity index (χ0n) is 10.7. The standard InChI is InChI=1S/C12H18FN3O2/c1-8(12(14)15-17)16(2)7-9-4-5-11(18-3)10(13)6-9/h4-6,8,17H,7H2,1-3H3,(H2,14,15). The summed E-state index contributed by atoms with van der Waals surface area (Å²) in [6.07, 6.45) is 0. The number of oxime groups is 1. The summed E-state index contributed by atoms with van der Waals surface area (Å²) in [5.74, 6) is -0.0720. The van der Waals surface area contributed by atoms with E-state index in [4.69, 9.17) is 15.7 Å². The predicted molar refractivity (Wildman–Crippen MR) is 67.3 cm³/mol. The van der Waals surface area contributed by atoms with Crippen LogP contribution in [-0.2, 0) is 6.54 Å². The van der Waals surface area contributed by atoms with Crippen molar-refractivity contribution in [2.24, 2.45) is 10.9 Å². The molecule has 0 spiro atoms. The molecule has 0 amide bonds. The number of likely N-dealkylation sites (N-methyl/N-ethyl adjacent to an activating group) is 1. The Morgan fingerprint density at radius 3 is 2.78 bits per heavy atom. The van der Waals surface area contributed by atoms with Crippen LogP contribution in [0.15, 0.2) is 23.4 Å². The lowest BCUT2D eigenvalue weighted by atomic mass is 10.1. The van der Waals surface area contributed by atoms with Crippen LogP contribution in [-0.4, -0.2) is 36.1 Å². The van der Waals surface area contributed by atoms with E-state index in [1.165, 1.54) is 13.2 Å². The van der Waals surface area contributed by atoms with Crippen molar-refractivity contribution in [3.8, 4) is 5.75 Å². The molecule has 0 aromatic heterocycles. The average molecular weight is 255 g/mol. The van der Waals surface area contributed by atoms with Gasteiger partial charge in [0.05, 0.1) is 13.2 Å². The number of hydrogen-bond donors (Lipinski definition) is 2. The second-order valence-corrected chi connectivity index (χ2v) is 4.08. The molecule has 100 valence electrons. The van der Waals surface area contributed by atoms with Gasteiger partial charge in [0.25, 0.3) is 0 Å². The van der Waals surface area contributed by atoms with Gasteiger partial charge in [0, 0.05) is 6.54 Å². The van der Waals surface area contributed by atoms with Gasteiger partial charge in [-0.3, -0.25) is 4.90 Å². The summed E-state index contributed by atoms with van der Waals surface area (Å²) in [6, 6.07) is 4.53. The number of methoxy groups -OCH3 is 1. The minimum absolute atomic E-state index is 0.117. The average Bonchev–Trinajstić information content (AvgIpc) is 2.37. The van der Waals surface area contributed by atoms with Gasteiger partial charge >= 0.3 is 0 Å². The van der Waals surface area contributed by atoms with Gasteiger partial charge in [0.15, 0.2) is 17.4 Å². The van der Waals surface area contributed by atoms with Crippen LogP contribution in [0.1, 0.15) is 12.5 Å². The van der Waals surface area contributed by atoms with Crippen molar-refractivity contribution in [2.75, 3.05) is 14.2 Å². The van der Waals surface area contributed by atoms with Gasteiger partial charge in [-0.15, -0.1) is 0 Å². The summed E-state index contributed by atoms with van der Waals surface area (Å²) in [5.41, 5.74) is 6.30. The molecule has 1 aromatic rings. The lowest BCUT2D eigenvalue weighted by molar-refractivity contribution is 0.278. The highest BCUT2D eigenvalue weighted by Gasteiger charge is 2.14. The smallest absolute Gasteiger partial charge is 0.165 e. The Labute approximate surface area is 106 Å². The number of ether oxygens (including phenoxy) is 1. The molecule has 0 heterocycles. The van der Waals surface area contributed by atoms with Gasteiger partial charge in [0.1, 0.15) is 0 Å². The Hall–Kier alpha value is -1.82. The number of amidine groups is 1. The molecule has 0 aliphatic heterocycles. The summed E-state index contributed by atoms with van der Waals surface area (Å²) in [4.78, 5) is 1.84. The molecule has 0 fully saturated rings. The van der Waals surface area contributed by atoms with Crippen molar-refractivity contribution in [1.29, 1.82) is 0 Å². The maximum atomic E-state index is 13.5. The van der Waals surface area contributed by atoms with Crippen molar-refractivity contribution in [3.05, 3.63) is 29.6 Å². The quantitative estimate of drug-likeness (QED) is 0.361. The predicted octanol–water partition coefficient (Wildman–Crippen LogP) is 1.40. The van der Waals surface area contributed by atoms with Gasteiger partial charge < -0.3 is 15.7 Å². The molecule has 0 radical (unpaired) electrons. The molecule has 1 atom stereocenters. The Morgan fingerprint density at radius 1 is 1.61 bits per heavy atom. The molecule has 0 bridgehead atoms. The third-order valence-electron chi connectivity index (χ3n) is 2.85. The van der Waals surface area contributed by atoms with Gasteiger partial charge in [0.2, 0.25) is 0 Å². The van der Waals surface area contributed by atoms with Crippen molar-refractivity contribution in [1.82, 2.24) is 4.90 Å². The summed E-state index contributed by atoms with van der Waals surface area (Å²) in [5, 5.41) is 11.5. The Balaban J connectivity index is 2.76. The van der Waals surface area contributed by atoms with E-state index in [0.717, 1.165) is 5.56 Å². The second kappa shape index (κ2) is 6.20. The van der Waals surface area contributed by atoms with Crippen LogP contribution in [0.25, 0.3) is 0 Å². The molecule has 0 aliphatic rings. The van der Waals surface area contributed by atoms with Crippen molar-refractivity contribution >= 4 is 5.84 Å². The first kappa shape index (κ1) is 14.2. The lowest BCUT2D eigenvalue weighted by Gasteiger charge is -2.23. The first-order valence-corrected chi connectivity index (χ1v) is 5.49. The van der Waals surface area contributed by atoms with Crippen LogP contribution in [0.3, 0.4) is 0 Å². The highest BCUT2D eigenvalue weighted by molar-refractivity contribution is 5.84. The molecule has 5 nitrogen and oxygen atoms in total. The van der Waals surface area contributed by atoms with E-state index >= 15 is 0 Å². The van der Waals surface area contributed by atoms with E-state index < -0.39 is 5.82 Å². The topological polar surface area (TPSA) is 71.1 Å². The van der Waals surface area contributed by atoms with Crippen LogP contribution < -0.4 is 10.5 Å². The lowest BCUT2D eigenvalue weighted by Crippen LogP contribution is -2.40. The van der Waals surface area contributed by atoms with Crippen LogP contribution >= 0.6 is 0 Å². The Kier molecular flexibility index (Phi) is 4.91.